The normalized spacial score (nSPS) is 9.29. The predicted molar refractivity (Wildman–Crippen MR) is 29.6 cm³/mol. The predicted octanol–water partition coefficient (Wildman–Crippen LogP) is 1.37. The molecule has 0 fully saturated rings. The fourth-order valence-electron chi connectivity index (χ4n) is 0.355. The molecule has 0 aromatic carbocycles. The topological polar surface area (TPSA) is 36.7 Å². The lowest BCUT2D eigenvalue weighted by Gasteiger charge is -1.67. The molecule has 0 amide bonds. The molecule has 0 spiro atoms. The Labute approximate surface area is 46.0 Å². The van der Waals surface area contributed by atoms with Crippen LogP contribution in [0, 0.1) is 6.92 Å². The number of hydrogen-bond acceptors (Lipinski definition) is 2. The van der Waals surface area contributed by atoms with Crippen molar-refractivity contribution in [3.05, 3.63) is 11.1 Å². The van der Waals surface area contributed by atoms with Gasteiger partial charge in [-0.3, -0.25) is 5.73 Å². The molecular formula is C4H5N2S. The average molecular weight is 113 g/mol. The monoisotopic (exact) mass is 113 g/mol. The Morgan fingerprint density at radius 2 is 2.57 bits per heavy atom. The van der Waals surface area contributed by atoms with Crippen LogP contribution in [0.2, 0.25) is 0 Å². The molecule has 1 rings (SSSR count). The SMILES string of the molecule is Cc1cnc([NH])s1. The van der Waals surface area contributed by atoms with E-state index >= 15 is 0 Å². The van der Waals surface area contributed by atoms with Crippen LogP contribution in [0.5, 0.6) is 0 Å². The van der Waals surface area contributed by atoms with E-state index in [1.165, 1.54) is 11.3 Å². The zero-order valence-corrected chi connectivity index (χ0v) is 4.75. The van der Waals surface area contributed by atoms with Crippen molar-refractivity contribution < 1.29 is 0 Å². The summed E-state index contributed by atoms with van der Waals surface area (Å²) in [6, 6.07) is 0. The second-order valence-corrected chi connectivity index (χ2v) is 2.51. The second-order valence-electron chi connectivity index (χ2n) is 1.28. The number of rotatable bonds is 0. The lowest BCUT2D eigenvalue weighted by atomic mass is 10.7. The number of aromatic nitrogens is 1. The van der Waals surface area contributed by atoms with Gasteiger partial charge in [-0.05, 0) is 6.92 Å². The van der Waals surface area contributed by atoms with Gasteiger partial charge in [0.15, 0.2) is 0 Å². The van der Waals surface area contributed by atoms with Gasteiger partial charge in [0.05, 0.1) is 0 Å². The summed E-state index contributed by atoms with van der Waals surface area (Å²) < 4.78 is 0. The first-order chi connectivity index (χ1) is 3.29. The molecular weight excluding hydrogens is 108 g/mol. The Kier molecular flexibility index (Phi) is 0.982. The van der Waals surface area contributed by atoms with Gasteiger partial charge in [-0.2, -0.15) is 0 Å². The molecule has 1 N–H and O–H groups in total. The molecule has 1 aromatic rings. The largest absolute Gasteiger partial charge is 0.274 e. The number of nitrogens with one attached hydrogen (secondary N) is 1. The Morgan fingerprint density at radius 1 is 1.86 bits per heavy atom. The summed E-state index contributed by atoms with van der Waals surface area (Å²) in [6.07, 6.45) is 1.70. The van der Waals surface area contributed by atoms with Gasteiger partial charge in [0, 0.05) is 11.1 Å². The van der Waals surface area contributed by atoms with Crippen LogP contribution in [0.1, 0.15) is 4.88 Å². The summed E-state index contributed by atoms with van der Waals surface area (Å²) in [4.78, 5) is 4.80. The first-order valence-corrected chi connectivity index (χ1v) is 2.75. The molecule has 0 unspecified atom stereocenters. The zero-order chi connectivity index (χ0) is 5.28. The lowest BCUT2D eigenvalue weighted by Crippen LogP contribution is -1.56. The van der Waals surface area contributed by atoms with Crippen molar-refractivity contribution in [3.63, 3.8) is 0 Å². The molecule has 0 bridgehead atoms. The van der Waals surface area contributed by atoms with Gasteiger partial charge < -0.3 is 0 Å². The van der Waals surface area contributed by atoms with Crippen molar-refractivity contribution in [2.75, 3.05) is 0 Å². The first kappa shape index (κ1) is 4.59. The van der Waals surface area contributed by atoms with Crippen molar-refractivity contribution in [2.24, 2.45) is 0 Å². The molecule has 1 aromatic heterocycles. The molecule has 37 valence electrons. The van der Waals surface area contributed by atoms with E-state index in [9.17, 15) is 0 Å². The van der Waals surface area contributed by atoms with Crippen LogP contribution in [0.15, 0.2) is 6.20 Å². The Bertz CT molecular complexity index is 142. The maximum atomic E-state index is 6.92. The maximum Gasteiger partial charge on any atom is 0.201 e. The van der Waals surface area contributed by atoms with Gasteiger partial charge in [-0.15, -0.1) is 11.3 Å². The summed E-state index contributed by atoms with van der Waals surface area (Å²) in [5, 5.41) is 0.400. The van der Waals surface area contributed by atoms with Crippen LogP contribution in [0.3, 0.4) is 0 Å². The minimum Gasteiger partial charge on any atom is -0.274 e. The maximum absolute atomic E-state index is 6.92. The quantitative estimate of drug-likeness (QED) is 0.500. The second kappa shape index (κ2) is 1.50. The van der Waals surface area contributed by atoms with Crippen molar-refractivity contribution in [3.8, 4) is 0 Å². The smallest absolute Gasteiger partial charge is 0.201 e. The third kappa shape index (κ3) is 0.899. The fourth-order valence-corrected chi connectivity index (χ4v) is 0.871. The van der Waals surface area contributed by atoms with Crippen molar-refractivity contribution >= 4 is 16.5 Å². The molecule has 0 saturated heterocycles. The Balaban J connectivity index is 3.04. The first-order valence-electron chi connectivity index (χ1n) is 1.93. The molecule has 7 heavy (non-hydrogen) atoms. The zero-order valence-electron chi connectivity index (χ0n) is 3.93. The van der Waals surface area contributed by atoms with E-state index in [0.717, 1.165) is 4.88 Å². The molecule has 3 heteroatoms. The summed E-state index contributed by atoms with van der Waals surface area (Å²) in [5.41, 5.74) is 6.92. The summed E-state index contributed by atoms with van der Waals surface area (Å²) in [6.45, 7) is 1.94. The minimum atomic E-state index is 0.400. The van der Waals surface area contributed by atoms with Gasteiger partial charge in [-0.1, -0.05) is 0 Å². The standard InChI is InChI=1S/C4H5N2S/c1-3-2-6-4(5)7-3/h2,5H,1H3. The molecule has 2 nitrogen and oxygen atoms in total. The summed E-state index contributed by atoms with van der Waals surface area (Å²) in [5.74, 6) is 0. The van der Waals surface area contributed by atoms with E-state index in [4.69, 9.17) is 5.73 Å². The van der Waals surface area contributed by atoms with Crippen LogP contribution in [-0.4, -0.2) is 4.98 Å². The third-order valence-electron chi connectivity index (χ3n) is 0.621. The van der Waals surface area contributed by atoms with Crippen LogP contribution >= 0.6 is 11.3 Å². The molecule has 0 saturated carbocycles. The van der Waals surface area contributed by atoms with Gasteiger partial charge >= 0.3 is 0 Å². The van der Waals surface area contributed by atoms with Gasteiger partial charge in [0.25, 0.3) is 0 Å². The highest BCUT2D eigenvalue weighted by molar-refractivity contribution is 7.15. The van der Waals surface area contributed by atoms with Crippen molar-refractivity contribution in [1.29, 1.82) is 0 Å². The van der Waals surface area contributed by atoms with E-state index in [1.807, 2.05) is 6.92 Å². The van der Waals surface area contributed by atoms with Gasteiger partial charge in [0.1, 0.15) is 0 Å². The highest BCUT2D eigenvalue weighted by Crippen LogP contribution is 2.12. The number of nitrogens with zero attached hydrogens (tertiary/aromatic N) is 1. The van der Waals surface area contributed by atoms with E-state index in [0.29, 0.717) is 5.13 Å². The summed E-state index contributed by atoms with van der Waals surface area (Å²) >= 11 is 1.40. The van der Waals surface area contributed by atoms with Gasteiger partial charge in [0.2, 0.25) is 5.13 Å². The van der Waals surface area contributed by atoms with Crippen molar-refractivity contribution in [1.82, 2.24) is 10.7 Å². The van der Waals surface area contributed by atoms with Crippen LogP contribution in [-0.2, 0) is 0 Å². The number of hydrogen-bond donors (Lipinski definition) is 0. The molecule has 0 aliphatic carbocycles. The van der Waals surface area contributed by atoms with Crippen LogP contribution in [0.25, 0.3) is 0 Å². The van der Waals surface area contributed by atoms with E-state index < -0.39 is 0 Å². The molecule has 0 aliphatic rings. The van der Waals surface area contributed by atoms with Crippen LogP contribution in [0.4, 0.5) is 5.13 Å². The Morgan fingerprint density at radius 3 is 2.71 bits per heavy atom. The molecule has 1 radical (unpaired) electrons. The molecule has 0 aliphatic heterocycles. The molecule has 1 heterocycles. The molecule has 0 atom stereocenters. The van der Waals surface area contributed by atoms with E-state index in [1.54, 1.807) is 6.20 Å². The number of aryl methyl sites for hydroxylation is 1. The van der Waals surface area contributed by atoms with Crippen molar-refractivity contribution in [2.45, 2.75) is 6.92 Å². The fraction of sp³-hybridized carbons (Fsp3) is 0.250. The van der Waals surface area contributed by atoms with Gasteiger partial charge in [-0.25, -0.2) is 4.98 Å². The van der Waals surface area contributed by atoms with Crippen LogP contribution < -0.4 is 5.73 Å². The van der Waals surface area contributed by atoms with E-state index in [-0.39, 0.29) is 0 Å². The third-order valence-corrected chi connectivity index (χ3v) is 1.35. The lowest BCUT2D eigenvalue weighted by molar-refractivity contribution is 1.32. The summed E-state index contributed by atoms with van der Waals surface area (Å²) in [7, 11) is 0. The highest BCUT2D eigenvalue weighted by atomic mass is 32.1. The number of thiazole rings is 1. The van der Waals surface area contributed by atoms with E-state index in [2.05, 4.69) is 4.98 Å². The highest BCUT2D eigenvalue weighted by Gasteiger charge is 1.87. The average Bonchev–Trinajstić information content (AvgIpc) is 1.87. The Hall–Kier alpha value is -0.570. The minimum absolute atomic E-state index is 0.400.